The van der Waals surface area contributed by atoms with Crippen molar-refractivity contribution >= 4 is 33.7 Å². The first-order valence-electron chi connectivity index (χ1n) is 5.03. The lowest BCUT2D eigenvalue weighted by atomic mass is 10.2. The number of benzene rings is 1. The van der Waals surface area contributed by atoms with Crippen LogP contribution in [0.4, 0.5) is 4.39 Å². The number of hydrogen-bond donors (Lipinski definition) is 0. The van der Waals surface area contributed by atoms with Crippen molar-refractivity contribution in [2.75, 3.05) is 0 Å². The van der Waals surface area contributed by atoms with Crippen molar-refractivity contribution in [1.29, 1.82) is 0 Å². The second-order valence-corrected chi connectivity index (χ2v) is 4.35. The molecule has 2 amide bonds. The molecule has 0 aromatic heterocycles. The van der Waals surface area contributed by atoms with Gasteiger partial charge in [0.05, 0.1) is 10.0 Å². The lowest BCUT2D eigenvalue weighted by Crippen LogP contribution is -2.32. The quantitative estimate of drug-likeness (QED) is 0.781. The third-order valence-electron chi connectivity index (χ3n) is 2.35. The summed E-state index contributed by atoms with van der Waals surface area (Å²) in [6, 6.07) is 3.80. The summed E-state index contributed by atoms with van der Waals surface area (Å²) in [4.78, 5) is 38.8. The molecule has 1 aliphatic heterocycles. The van der Waals surface area contributed by atoms with Crippen LogP contribution in [0.2, 0.25) is 0 Å². The number of imide groups is 1. The zero-order chi connectivity index (χ0) is 13.3. The largest absolute Gasteiger partial charge is 0.365 e. The molecule has 0 spiro atoms. The summed E-state index contributed by atoms with van der Waals surface area (Å²) in [6.45, 7) is 0. The fourth-order valence-electron chi connectivity index (χ4n) is 1.45. The Hall–Kier alpha value is -1.76. The molecule has 2 rings (SSSR count). The third kappa shape index (κ3) is 2.26. The summed E-state index contributed by atoms with van der Waals surface area (Å²) in [6.07, 6.45) is 0.0207. The van der Waals surface area contributed by atoms with Crippen LogP contribution in [0.1, 0.15) is 23.2 Å². The monoisotopic (exact) mass is 315 g/mol. The molecule has 0 radical (unpaired) electrons. The highest BCUT2D eigenvalue weighted by atomic mass is 79.9. The molecule has 0 bridgehead atoms. The first-order valence-corrected chi connectivity index (χ1v) is 5.82. The van der Waals surface area contributed by atoms with Crippen LogP contribution >= 0.6 is 15.9 Å². The molecule has 0 N–H and O–H groups in total. The molecular formula is C11H7BrFNO4. The summed E-state index contributed by atoms with van der Waals surface area (Å²) < 4.78 is 13.1. The number of hydrogen-bond acceptors (Lipinski definition) is 4. The van der Waals surface area contributed by atoms with Gasteiger partial charge in [-0.2, -0.15) is 0 Å². The van der Waals surface area contributed by atoms with Crippen LogP contribution in [-0.2, 0) is 14.4 Å². The van der Waals surface area contributed by atoms with Gasteiger partial charge < -0.3 is 4.84 Å². The van der Waals surface area contributed by atoms with Gasteiger partial charge in [-0.1, -0.05) is 6.07 Å². The Morgan fingerprint density at radius 1 is 1.28 bits per heavy atom. The average Bonchev–Trinajstić information content (AvgIpc) is 2.64. The molecule has 94 valence electrons. The van der Waals surface area contributed by atoms with Gasteiger partial charge in [0.25, 0.3) is 11.8 Å². The van der Waals surface area contributed by atoms with Gasteiger partial charge in [0.2, 0.25) is 0 Å². The maximum absolute atomic E-state index is 13.2. The number of hydroxylamine groups is 2. The Kier molecular flexibility index (Phi) is 3.42. The molecule has 1 fully saturated rings. The fourth-order valence-corrected chi connectivity index (χ4v) is 1.88. The summed E-state index contributed by atoms with van der Waals surface area (Å²) in [5.74, 6) is -2.77. The molecule has 18 heavy (non-hydrogen) atoms. The molecule has 1 aromatic rings. The number of nitrogens with zero attached hydrogens (tertiary/aromatic N) is 1. The van der Waals surface area contributed by atoms with Gasteiger partial charge in [-0.05, 0) is 28.1 Å². The van der Waals surface area contributed by atoms with Gasteiger partial charge >= 0.3 is 5.97 Å². The lowest BCUT2D eigenvalue weighted by molar-refractivity contribution is -0.172. The first-order chi connectivity index (χ1) is 8.50. The summed E-state index contributed by atoms with van der Waals surface area (Å²) in [5.41, 5.74) is -0.0949. The average molecular weight is 316 g/mol. The van der Waals surface area contributed by atoms with E-state index in [2.05, 4.69) is 20.8 Å². The number of rotatable bonds is 2. The first kappa shape index (κ1) is 12.7. The van der Waals surface area contributed by atoms with E-state index in [1.54, 1.807) is 0 Å². The van der Waals surface area contributed by atoms with Gasteiger partial charge in [-0.3, -0.25) is 9.59 Å². The van der Waals surface area contributed by atoms with Gasteiger partial charge in [0.1, 0.15) is 5.82 Å². The highest BCUT2D eigenvalue weighted by Crippen LogP contribution is 2.22. The van der Waals surface area contributed by atoms with E-state index < -0.39 is 23.6 Å². The van der Waals surface area contributed by atoms with Gasteiger partial charge in [0, 0.05) is 12.8 Å². The lowest BCUT2D eigenvalue weighted by Gasteiger charge is -2.13. The Balaban J connectivity index is 2.20. The molecule has 1 heterocycles. The van der Waals surface area contributed by atoms with E-state index in [-0.39, 0.29) is 22.9 Å². The van der Waals surface area contributed by atoms with Crippen molar-refractivity contribution in [2.24, 2.45) is 0 Å². The predicted molar refractivity (Wildman–Crippen MR) is 60.6 cm³/mol. The van der Waals surface area contributed by atoms with E-state index in [0.717, 1.165) is 6.07 Å². The van der Waals surface area contributed by atoms with Crippen LogP contribution in [0.15, 0.2) is 22.7 Å². The fraction of sp³-hybridized carbons (Fsp3) is 0.182. The van der Waals surface area contributed by atoms with E-state index in [1.807, 2.05) is 0 Å². The smallest absolute Gasteiger partial charge is 0.325 e. The number of amides is 2. The van der Waals surface area contributed by atoms with E-state index in [4.69, 9.17) is 0 Å². The van der Waals surface area contributed by atoms with Crippen molar-refractivity contribution in [1.82, 2.24) is 5.06 Å². The minimum atomic E-state index is -0.968. The van der Waals surface area contributed by atoms with Crippen molar-refractivity contribution in [3.63, 3.8) is 0 Å². The molecule has 1 saturated heterocycles. The number of carbonyl (C=O) groups is 3. The van der Waals surface area contributed by atoms with E-state index in [0.29, 0.717) is 5.06 Å². The minimum Gasteiger partial charge on any atom is -0.325 e. The summed E-state index contributed by atoms with van der Waals surface area (Å²) in [7, 11) is 0. The Morgan fingerprint density at radius 2 is 1.89 bits per heavy atom. The van der Waals surface area contributed by atoms with Gasteiger partial charge in [-0.25, -0.2) is 9.18 Å². The molecule has 5 nitrogen and oxygen atoms in total. The standard InChI is InChI=1S/C11H7BrFNO4/c12-10-6(2-1-3-7(10)13)11(17)18-14-8(15)4-5-9(14)16/h1-3H,4-5H2. The van der Waals surface area contributed by atoms with Gasteiger partial charge in [-0.15, -0.1) is 5.06 Å². The zero-order valence-electron chi connectivity index (χ0n) is 8.98. The number of halogens is 2. The van der Waals surface area contributed by atoms with Crippen LogP contribution in [0.5, 0.6) is 0 Å². The highest BCUT2D eigenvalue weighted by molar-refractivity contribution is 9.10. The molecule has 1 aliphatic rings. The van der Waals surface area contributed by atoms with Crippen molar-refractivity contribution in [3.05, 3.63) is 34.1 Å². The second-order valence-electron chi connectivity index (χ2n) is 3.56. The Labute approximate surface area is 110 Å². The molecule has 0 atom stereocenters. The molecule has 0 aliphatic carbocycles. The van der Waals surface area contributed by atoms with Crippen LogP contribution in [0.3, 0.4) is 0 Å². The van der Waals surface area contributed by atoms with Crippen LogP contribution in [0.25, 0.3) is 0 Å². The Morgan fingerprint density at radius 3 is 2.50 bits per heavy atom. The summed E-state index contributed by atoms with van der Waals surface area (Å²) in [5, 5.41) is 0.416. The zero-order valence-corrected chi connectivity index (χ0v) is 10.6. The maximum atomic E-state index is 13.2. The maximum Gasteiger partial charge on any atom is 0.365 e. The van der Waals surface area contributed by atoms with Crippen LogP contribution in [-0.4, -0.2) is 22.8 Å². The van der Waals surface area contributed by atoms with E-state index in [9.17, 15) is 18.8 Å². The van der Waals surface area contributed by atoms with Crippen molar-refractivity contribution < 1.29 is 23.6 Å². The molecule has 0 saturated carbocycles. The molecule has 1 aromatic carbocycles. The predicted octanol–water partition coefficient (Wildman–Crippen LogP) is 1.81. The van der Waals surface area contributed by atoms with Crippen LogP contribution < -0.4 is 0 Å². The number of carbonyl (C=O) groups excluding carboxylic acids is 3. The SMILES string of the molecule is O=C(ON1C(=O)CCC1=O)c1cccc(F)c1Br. The van der Waals surface area contributed by atoms with Crippen LogP contribution in [0, 0.1) is 5.82 Å². The topological polar surface area (TPSA) is 63.7 Å². The molecule has 0 unspecified atom stereocenters. The normalized spacial score (nSPS) is 15.1. The van der Waals surface area contributed by atoms with Crippen molar-refractivity contribution in [3.8, 4) is 0 Å². The summed E-state index contributed by atoms with van der Waals surface area (Å²) >= 11 is 2.90. The second kappa shape index (κ2) is 4.85. The van der Waals surface area contributed by atoms with Crippen molar-refractivity contribution in [2.45, 2.75) is 12.8 Å². The van der Waals surface area contributed by atoms with E-state index in [1.165, 1.54) is 12.1 Å². The van der Waals surface area contributed by atoms with E-state index >= 15 is 0 Å². The van der Waals surface area contributed by atoms with Gasteiger partial charge in [0.15, 0.2) is 0 Å². The highest BCUT2D eigenvalue weighted by Gasteiger charge is 2.33. The third-order valence-corrected chi connectivity index (χ3v) is 3.16. The molecular weight excluding hydrogens is 309 g/mol. The minimum absolute atomic E-state index is 0.0104. The molecule has 7 heteroatoms. The Bertz CT molecular complexity index is 530.